The molecule has 0 saturated heterocycles. The molecular formula is C11H13N. The van der Waals surface area contributed by atoms with Crippen molar-refractivity contribution in [2.24, 2.45) is 0 Å². The van der Waals surface area contributed by atoms with Gasteiger partial charge in [0.25, 0.3) is 0 Å². The standard InChI is InChI=1S/C10H9N.CH4/c11-7-9-3-1-2-4-10(9)8-5-6-8;/h1-4,8H,5-6H2;1H4. The molecule has 0 unspecified atom stereocenters. The van der Waals surface area contributed by atoms with Crippen LogP contribution in [0, 0.1) is 11.3 Å². The molecule has 0 bridgehead atoms. The van der Waals surface area contributed by atoms with E-state index in [0.717, 1.165) is 5.56 Å². The summed E-state index contributed by atoms with van der Waals surface area (Å²) >= 11 is 0. The fourth-order valence-electron chi connectivity index (χ4n) is 1.35. The van der Waals surface area contributed by atoms with E-state index in [0.29, 0.717) is 5.92 Å². The SMILES string of the molecule is C.N#Cc1ccccc1C1CC1. The van der Waals surface area contributed by atoms with Crippen LogP contribution in [0.1, 0.15) is 37.3 Å². The van der Waals surface area contributed by atoms with Crippen molar-refractivity contribution in [3.8, 4) is 6.07 Å². The van der Waals surface area contributed by atoms with E-state index in [-0.39, 0.29) is 7.43 Å². The monoisotopic (exact) mass is 159 g/mol. The lowest BCUT2D eigenvalue weighted by Crippen LogP contribution is -1.84. The first kappa shape index (κ1) is 8.80. The molecule has 1 nitrogen and oxygen atoms in total. The van der Waals surface area contributed by atoms with E-state index >= 15 is 0 Å². The molecule has 12 heavy (non-hydrogen) atoms. The Kier molecular flexibility index (Phi) is 2.50. The van der Waals surface area contributed by atoms with Crippen LogP contribution >= 0.6 is 0 Å². The van der Waals surface area contributed by atoms with Crippen molar-refractivity contribution in [3.05, 3.63) is 35.4 Å². The third-order valence-corrected chi connectivity index (χ3v) is 2.10. The van der Waals surface area contributed by atoms with Crippen molar-refractivity contribution in [1.82, 2.24) is 0 Å². The minimum Gasteiger partial charge on any atom is -0.192 e. The van der Waals surface area contributed by atoms with E-state index in [1.807, 2.05) is 18.2 Å². The Morgan fingerprint density at radius 3 is 2.50 bits per heavy atom. The van der Waals surface area contributed by atoms with Gasteiger partial charge in [0.1, 0.15) is 0 Å². The molecule has 2 rings (SSSR count). The van der Waals surface area contributed by atoms with Gasteiger partial charge in [-0.15, -0.1) is 0 Å². The van der Waals surface area contributed by atoms with Crippen LogP contribution in [0.3, 0.4) is 0 Å². The van der Waals surface area contributed by atoms with Crippen molar-refractivity contribution in [2.75, 3.05) is 0 Å². The maximum Gasteiger partial charge on any atom is 0.0994 e. The van der Waals surface area contributed by atoms with Crippen LogP contribution in [-0.2, 0) is 0 Å². The van der Waals surface area contributed by atoms with Crippen LogP contribution in [-0.4, -0.2) is 0 Å². The van der Waals surface area contributed by atoms with Crippen molar-refractivity contribution in [1.29, 1.82) is 5.26 Å². The Hall–Kier alpha value is -1.29. The van der Waals surface area contributed by atoms with Gasteiger partial charge >= 0.3 is 0 Å². The molecule has 1 aliphatic rings. The predicted octanol–water partition coefficient (Wildman–Crippen LogP) is 3.07. The Morgan fingerprint density at radius 2 is 1.92 bits per heavy atom. The molecule has 0 N–H and O–H groups in total. The first-order valence-corrected chi connectivity index (χ1v) is 3.91. The maximum absolute atomic E-state index is 8.75. The highest BCUT2D eigenvalue weighted by Gasteiger charge is 2.25. The second-order valence-corrected chi connectivity index (χ2v) is 2.97. The van der Waals surface area contributed by atoms with Crippen molar-refractivity contribution >= 4 is 0 Å². The van der Waals surface area contributed by atoms with E-state index in [4.69, 9.17) is 5.26 Å². The average molecular weight is 159 g/mol. The number of nitrogens with zero attached hydrogens (tertiary/aromatic N) is 1. The summed E-state index contributed by atoms with van der Waals surface area (Å²) < 4.78 is 0. The number of benzene rings is 1. The highest BCUT2D eigenvalue weighted by molar-refractivity contribution is 5.41. The molecule has 0 spiro atoms. The van der Waals surface area contributed by atoms with Crippen LogP contribution < -0.4 is 0 Å². The van der Waals surface area contributed by atoms with Gasteiger partial charge in [0.15, 0.2) is 0 Å². The average Bonchev–Trinajstić information content (AvgIpc) is 2.87. The van der Waals surface area contributed by atoms with Crippen molar-refractivity contribution in [2.45, 2.75) is 26.2 Å². The molecule has 1 aromatic carbocycles. The molecule has 0 aromatic heterocycles. The van der Waals surface area contributed by atoms with Gasteiger partial charge in [-0.25, -0.2) is 0 Å². The van der Waals surface area contributed by atoms with Gasteiger partial charge in [-0.3, -0.25) is 0 Å². The molecule has 0 aliphatic heterocycles. The number of nitriles is 1. The van der Waals surface area contributed by atoms with Crippen LogP contribution in [0.5, 0.6) is 0 Å². The summed E-state index contributed by atoms with van der Waals surface area (Å²) in [6.45, 7) is 0. The molecule has 62 valence electrons. The molecule has 0 atom stereocenters. The minimum absolute atomic E-state index is 0. The van der Waals surface area contributed by atoms with E-state index < -0.39 is 0 Å². The summed E-state index contributed by atoms with van der Waals surface area (Å²) in [7, 11) is 0. The summed E-state index contributed by atoms with van der Waals surface area (Å²) in [5.74, 6) is 0.686. The lowest BCUT2D eigenvalue weighted by atomic mass is 10.0. The van der Waals surface area contributed by atoms with E-state index in [1.165, 1.54) is 18.4 Å². The van der Waals surface area contributed by atoms with Gasteiger partial charge < -0.3 is 0 Å². The number of hydrogen-bond acceptors (Lipinski definition) is 1. The third-order valence-electron chi connectivity index (χ3n) is 2.10. The van der Waals surface area contributed by atoms with Crippen LogP contribution in [0.25, 0.3) is 0 Å². The largest absolute Gasteiger partial charge is 0.192 e. The summed E-state index contributed by atoms with van der Waals surface area (Å²) in [5, 5.41) is 8.75. The molecular weight excluding hydrogens is 146 g/mol. The van der Waals surface area contributed by atoms with Crippen LogP contribution in [0.4, 0.5) is 0 Å². The van der Waals surface area contributed by atoms with E-state index in [9.17, 15) is 0 Å². The van der Waals surface area contributed by atoms with Crippen LogP contribution in [0.15, 0.2) is 24.3 Å². The number of hydrogen-bond donors (Lipinski definition) is 0. The summed E-state index contributed by atoms with van der Waals surface area (Å²) in [6, 6.07) is 10.1. The second-order valence-electron chi connectivity index (χ2n) is 2.97. The van der Waals surface area contributed by atoms with Gasteiger partial charge in [0.2, 0.25) is 0 Å². The second kappa shape index (κ2) is 3.40. The van der Waals surface area contributed by atoms with Gasteiger partial charge in [0, 0.05) is 0 Å². The Balaban J connectivity index is 0.000000720. The highest BCUT2D eigenvalue weighted by Crippen LogP contribution is 2.41. The highest BCUT2D eigenvalue weighted by atomic mass is 14.3. The summed E-state index contributed by atoms with van der Waals surface area (Å²) in [6.07, 6.45) is 2.53. The fraction of sp³-hybridized carbons (Fsp3) is 0.364. The van der Waals surface area contributed by atoms with E-state index in [2.05, 4.69) is 12.1 Å². The normalized spacial score (nSPS) is 14.6. The van der Waals surface area contributed by atoms with E-state index in [1.54, 1.807) is 0 Å². The molecule has 1 saturated carbocycles. The first-order chi connectivity index (χ1) is 5.42. The van der Waals surface area contributed by atoms with Gasteiger partial charge in [-0.2, -0.15) is 5.26 Å². The Bertz CT molecular complexity index is 305. The van der Waals surface area contributed by atoms with Crippen molar-refractivity contribution in [3.63, 3.8) is 0 Å². The zero-order valence-electron chi connectivity index (χ0n) is 6.25. The lowest BCUT2D eigenvalue weighted by Gasteiger charge is -1.98. The fourth-order valence-corrected chi connectivity index (χ4v) is 1.35. The quantitative estimate of drug-likeness (QED) is 0.617. The minimum atomic E-state index is 0. The molecule has 1 aliphatic carbocycles. The summed E-state index contributed by atoms with van der Waals surface area (Å²) in [5.41, 5.74) is 2.10. The van der Waals surface area contributed by atoms with Gasteiger partial charge in [-0.05, 0) is 30.4 Å². The molecule has 0 amide bonds. The molecule has 1 heteroatoms. The van der Waals surface area contributed by atoms with Crippen LogP contribution in [0.2, 0.25) is 0 Å². The zero-order chi connectivity index (χ0) is 7.68. The Morgan fingerprint density at radius 1 is 1.25 bits per heavy atom. The maximum atomic E-state index is 8.75. The number of rotatable bonds is 1. The smallest absolute Gasteiger partial charge is 0.0994 e. The lowest BCUT2D eigenvalue weighted by molar-refractivity contribution is 1.12. The molecule has 1 aromatic rings. The topological polar surface area (TPSA) is 23.8 Å². The Labute approximate surface area is 73.6 Å². The first-order valence-electron chi connectivity index (χ1n) is 3.91. The molecule has 1 fully saturated rings. The molecule has 0 heterocycles. The predicted molar refractivity (Wildman–Crippen MR) is 49.9 cm³/mol. The molecule has 0 radical (unpaired) electrons. The zero-order valence-corrected chi connectivity index (χ0v) is 6.25. The van der Waals surface area contributed by atoms with Crippen molar-refractivity contribution < 1.29 is 0 Å². The summed E-state index contributed by atoms with van der Waals surface area (Å²) in [4.78, 5) is 0. The third kappa shape index (κ3) is 1.48. The van der Waals surface area contributed by atoms with Gasteiger partial charge in [-0.1, -0.05) is 25.6 Å². The van der Waals surface area contributed by atoms with Gasteiger partial charge in [0.05, 0.1) is 11.6 Å².